The van der Waals surface area contributed by atoms with E-state index in [0.717, 1.165) is 18.6 Å². The Kier molecular flexibility index (Phi) is 5.76. The summed E-state index contributed by atoms with van der Waals surface area (Å²) in [6, 6.07) is 3.59. The molecule has 0 spiro atoms. The molecule has 4 nitrogen and oxygen atoms in total. The molecule has 1 atom stereocenters. The van der Waals surface area contributed by atoms with Gasteiger partial charge in [0.2, 0.25) is 10.0 Å². The summed E-state index contributed by atoms with van der Waals surface area (Å²) in [7, 11) is -3.56. The molecule has 1 fully saturated rings. The number of halogens is 3. The number of nitrogens with zero attached hydrogens (tertiary/aromatic N) is 1. The molecule has 1 aromatic carbocycles. The second kappa shape index (κ2) is 6.49. The third-order valence-electron chi connectivity index (χ3n) is 3.09. The molecule has 1 aliphatic rings. The number of hydrogen-bond acceptors (Lipinski definition) is 3. The molecule has 1 unspecified atom stereocenters. The summed E-state index contributed by atoms with van der Waals surface area (Å²) < 4.78 is 39.4. The lowest BCUT2D eigenvalue weighted by molar-refractivity contribution is 0.458. The van der Waals surface area contributed by atoms with Crippen LogP contribution in [-0.2, 0) is 10.0 Å². The van der Waals surface area contributed by atoms with Crippen molar-refractivity contribution in [1.29, 1.82) is 0 Å². The highest BCUT2D eigenvalue weighted by molar-refractivity contribution is 9.10. The summed E-state index contributed by atoms with van der Waals surface area (Å²) in [6.07, 6.45) is 0.772. The van der Waals surface area contributed by atoms with Crippen molar-refractivity contribution in [2.24, 2.45) is 11.7 Å². The summed E-state index contributed by atoms with van der Waals surface area (Å²) in [5.74, 6) is -0.263. The maximum absolute atomic E-state index is 13.0. The van der Waals surface area contributed by atoms with E-state index in [1.807, 2.05) is 0 Å². The zero-order chi connectivity index (χ0) is 13.3. The van der Waals surface area contributed by atoms with Gasteiger partial charge in [-0.1, -0.05) is 0 Å². The van der Waals surface area contributed by atoms with Crippen LogP contribution < -0.4 is 5.73 Å². The summed E-state index contributed by atoms with van der Waals surface area (Å²) in [6.45, 7) is 1.38. The maximum Gasteiger partial charge on any atom is 0.244 e. The number of rotatable bonds is 3. The minimum Gasteiger partial charge on any atom is -0.330 e. The van der Waals surface area contributed by atoms with Crippen LogP contribution in [-0.4, -0.2) is 32.4 Å². The van der Waals surface area contributed by atoms with Gasteiger partial charge >= 0.3 is 0 Å². The molecule has 0 aromatic heterocycles. The summed E-state index contributed by atoms with van der Waals surface area (Å²) >= 11 is 3.09. The van der Waals surface area contributed by atoms with E-state index in [9.17, 15) is 12.8 Å². The lowest BCUT2D eigenvalue weighted by Gasteiger charge is -2.17. The van der Waals surface area contributed by atoms with Gasteiger partial charge in [0.05, 0.1) is 4.90 Å². The van der Waals surface area contributed by atoms with Crippen LogP contribution in [0.5, 0.6) is 0 Å². The fourth-order valence-corrected chi connectivity index (χ4v) is 4.57. The second-order valence-electron chi connectivity index (χ2n) is 4.33. The molecule has 0 aliphatic carbocycles. The Morgan fingerprint density at radius 3 is 2.68 bits per heavy atom. The number of hydrogen-bond donors (Lipinski definition) is 1. The molecule has 19 heavy (non-hydrogen) atoms. The number of sulfonamides is 1. The minimum atomic E-state index is -3.56. The zero-order valence-corrected chi connectivity index (χ0v) is 13.3. The van der Waals surface area contributed by atoms with Crippen molar-refractivity contribution in [3.05, 3.63) is 28.5 Å². The normalized spacial score (nSPS) is 20.3. The Hall–Kier alpha value is -0.210. The monoisotopic (exact) mass is 372 g/mol. The Morgan fingerprint density at radius 1 is 1.47 bits per heavy atom. The van der Waals surface area contributed by atoms with Crippen molar-refractivity contribution in [2.75, 3.05) is 19.6 Å². The first-order chi connectivity index (χ1) is 8.45. The van der Waals surface area contributed by atoms with Crippen molar-refractivity contribution < 1.29 is 12.8 Å². The zero-order valence-electron chi connectivity index (χ0n) is 10.1. The highest BCUT2D eigenvalue weighted by Gasteiger charge is 2.33. The molecule has 8 heteroatoms. The Labute approximate surface area is 126 Å². The Morgan fingerprint density at radius 2 is 2.16 bits per heavy atom. The molecule has 0 amide bonds. The first kappa shape index (κ1) is 16.8. The van der Waals surface area contributed by atoms with Crippen LogP contribution in [0.2, 0.25) is 0 Å². The highest BCUT2D eigenvalue weighted by atomic mass is 79.9. The van der Waals surface area contributed by atoms with Gasteiger partial charge in [-0.3, -0.25) is 0 Å². The first-order valence-corrected chi connectivity index (χ1v) is 7.83. The smallest absolute Gasteiger partial charge is 0.244 e. The predicted molar refractivity (Wildman–Crippen MR) is 77.3 cm³/mol. The third-order valence-corrected chi connectivity index (χ3v) is 5.94. The van der Waals surface area contributed by atoms with Crippen LogP contribution in [0.1, 0.15) is 6.42 Å². The van der Waals surface area contributed by atoms with Crippen LogP contribution in [0.15, 0.2) is 27.6 Å². The van der Waals surface area contributed by atoms with Crippen LogP contribution in [0.3, 0.4) is 0 Å². The molecule has 0 saturated carbocycles. The van der Waals surface area contributed by atoms with Gasteiger partial charge in [-0.25, -0.2) is 12.8 Å². The number of nitrogens with two attached hydrogens (primary N) is 1. The van der Waals surface area contributed by atoms with Crippen molar-refractivity contribution in [1.82, 2.24) is 4.31 Å². The van der Waals surface area contributed by atoms with Gasteiger partial charge in [0.25, 0.3) is 0 Å². The summed E-state index contributed by atoms with van der Waals surface area (Å²) in [5.41, 5.74) is 5.55. The average Bonchev–Trinajstić information content (AvgIpc) is 2.77. The molecular weight excluding hydrogens is 359 g/mol. The van der Waals surface area contributed by atoms with E-state index in [2.05, 4.69) is 15.9 Å². The molecule has 0 radical (unpaired) electrons. The lowest BCUT2D eigenvalue weighted by Crippen LogP contribution is -2.30. The fourth-order valence-electron chi connectivity index (χ4n) is 2.03. The Balaban J connectivity index is 0.00000180. The van der Waals surface area contributed by atoms with Crippen molar-refractivity contribution >= 4 is 38.4 Å². The standard InChI is InChI=1S/C11H14BrFN2O2S.ClH/c12-10-5-9(13)1-2-11(10)18(16,17)15-4-3-8(6-14)7-15;/h1-2,5,8H,3-4,6-7,14H2;1H. The van der Waals surface area contributed by atoms with Crippen LogP contribution in [0, 0.1) is 11.7 Å². The summed E-state index contributed by atoms with van der Waals surface area (Å²) in [5, 5.41) is 0. The molecule has 1 heterocycles. The lowest BCUT2D eigenvalue weighted by atomic mass is 10.1. The van der Waals surface area contributed by atoms with Crippen molar-refractivity contribution in [2.45, 2.75) is 11.3 Å². The molecule has 108 valence electrons. The molecule has 1 saturated heterocycles. The van der Waals surface area contributed by atoms with E-state index < -0.39 is 15.8 Å². The van der Waals surface area contributed by atoms with Gasteiger partial charge in [0, 0.05) is 17.6 Å². The quantitative estimate of drug-likeness (QED) is 0.881. The van der Waals surface area contributed by atoms with Gasteiger partial charge < -0.3 is 5.73 Å². The van der Waals surface area contributed by atoms with Gasteiger partial charge in [-0.15, -0.1) is 12.4 Å². The molecular formula is C11H15BrClFN2O2S. The van der Waals surface area contributed by atoms with Gasteiger partial charge in [0.1, 0.15) is 5.82 Å². The molecule has 1 aromatic rings. The minimum absolute atomic E-state index is 0. The van der Waals surface area contributed by atoms with Crippen LogP contribution >= 0.6 is 28.3 Å². The summed E-state index contributed by atoms with van der Waals surface area (Å²) in [4.78, 5) is 0.0987. The van der Waals surface area contributed by atoms with Crippen LogP contribution in [0.25, 0.3) is 0 Å². The molecule has 1 aliphatic heterocycles. The van der Waals surface area contributed by atoms with Crippen LogP contribution in [0.4, 0.5) is 4.39 Å². The van der Waals surface area contributed by atoms with E-state index in [1.54, 1.807) is 0 Å². The van der Waals surface area contributed by atoms with Crippen molar-refractivity contribution in [3.8, 4) is 0 Å². The molecule has 0 bridgehead atoms. The van der Waals surface area contributed by atoms with E-state index >= 15 is 0 Å². The van der Waals surface area contributed by atoms with Gasteiger partial charge in [-0.05, 0) is 53.0 Å². The second-order valence-corrected chi connectivity index (χ2v) is 7.09. The topological polar surface area (TPSA) is 63.4 Å². The molecule has 2 N–H and O–H groups in total. The molecule has 2 rings (SSSR count). The third kappa shape index (κ3) is 3.46. The fraction of sp³-hybridized carbons (Fsp3) is 0.455. The average molecular weight is 374 g/mol. The van der Waals surface area contributed by atoms with E-state index in [0.29, 0.717) is 19.6 Å². The van der Waals surface area contributed by atoms with Gasteiger partial charge in [-0.2, -0.15) is 4.31 Å². The van der Waals surface area contributed by atoms with Gasteiger partial charge in [0.15, 0.2) is 0 Å². The maximum atomic E-state index is 13.0. The highest BCUT2D eigenvalue weighted by Crippen LogP contribution is 2.29. The largest absolute Gasteiger partial charge is 0.330 e. The number of benzene rings is 1. The van der Waals surface area contributed by atoms with E-state index in [-0.39, 0.29) is 27.7 Å². The Bertz CT molecular complexity index is 556. The predicted octanol–water partition coefficient (Wildman–Crippen LogP) is 1.98. The van der Waals surface area contributed by atoms with Crippen molar-refractivity contribution in [3.63, 3.8) is 0 Å². The first-order valence-electron chi connectivity index (χ1n) is 5.60. The van der Waals surface area contributed by atoms with E-state index in [1.165, 1.54) is 10.4 Å². The SMILES string of the molecule is Cl.NCC1CCN(S(=O)(=O)c2ccc(F)cc2Br)C1. The van der Waals surface area contributed by atoms with E-state index in [4.69, 9.17) is 5.73 Å².